The molecule has 0 bridgehead atoms. The summed E-state index contributed by atoms with van der Waals surface area (Å²) in [4.78, 5) is 23.4. The van der Waals surface area contributed by atoms with E-state index in [1.54, 1.807) is 12.1 Å². The van der Waals surface area contributed by atoms with Crippen LogP contribution in [-0.2, 0) is 9.59 Å². The first kappa shape index (κ1) is 15.9. The number of hydrogen-bond acceptors (Lipinski definition) is 3. The maximum atomic E-state index is 12.7. The van der Waals surface area contributed by atoms with Gasteiger partial charge in [0.05, 0.1) is 0 Å². The van der Waals surface area contributed by atoms with Gasteiger partial charge in [0.15, 0.2) is 6.61 Å². The third-order valence-corrected chi connectivity index (χ3v) is 5.45. The van der Waals surface area contributed by atoms with Crippen molar-refractivity contribution < 1.29 is 19.4 Å². The van der Waals surface area contributed by atoms with Crippen molar-refractivity contribution >= 4 is 28.3 Å². The summed E-state index contributed by atoms with van der Waals surface area (Å²) in [6.45, 7) is -0.388. The Morgan fingerprint density at radius 1 is 1.04 bits per heavy atom. The van der Waals surface area contributed by atoms with E-state index in [4.69, 9.17) is 9.84 Å². The fourth-order valence-electron chi connectivity index (χ4n) is 4.24. The van der Waals surface area contributed by atoms with Gasteiger partial charge in [0, 0.05) is 22.4 Å². The van der Waals surface area contributed by atoms with E-state index < -0.39 is 5.97 Å². The van der Waals surface area contributed by atoms with Crippen LogP contribution < -0.4 is 10.1 Å². The van der Waals surface area contributed by atoms with E-state index in [-0.39, 0.29) is 18.4 Å². The van der Waals surface area contributed by atoms with E-state index in [1.165, 1.54) is 25.7 Å². The SMILES string of the molecule is O=C(O)COc1ccc(NC(=O)C2C3CCCCC32)c2ccccc12. The third kappa shape index (κ3) is 3.06. The van der Waals surface area contributed by atoms with E-state index in [2.05, 4.69) is 5.32 Å². The van der Waals surface area contributed by atoms with Gasteiger partial charge in [0.1, 0.15) is 5.75 Å². The van der Waals surface area contributed by atoms with Gasteiger partial charge >= 0.3 is 5.97 Å². The normalized spacial score (nSPS) is 24.4. The first-order valence-electron chi connectivity index (χ1n) is 8.82. The molecule has 0 aromatic heterocycles. The molecule has 0 saturated heterocycles. The third-order valence-electron chi connectivity index (χ3n) is 5.45. The Kier molecular flexibility index (Phi) is 4.07. The minimum Gasteiger partial charge on any atom is -0.481 e. The number of ether oxygens (including phenoxy) is 1. The van der Waals surface area contributed by atoms with Crippen LogP contribution in [-0.4, -0.2) is 23.6 Å². The second kappa shape index (κ2) is 6.39. The smallest absolute Gasteiger partial charge is 0.341 e. The lowest BCUT2D eigenvalue weighted by Crippen LogP contribution is -2.16. The first-order valence-corrected chi connectivity index (χ1v) is 8.82. The predicted octanol–water partition coefficient (Wildman–Crippen LogP) is 3.68. The molecule has 130 valence electrons. The van der Waals surface area contributed by atoms with Gasteiger partial charge in [-0.15, -0.1) is 0 Å². The highest BCUT2D eigenvalue weighted by Gasteiger charge is 2.54. The van der Waals surface area contributed by atoms with Crippen molar-refractivity contribution in [3.8, 4) is 5.75 Å². The lowest BCUT2D eigenvalue weighted by molar-refractivity contribution is -0.139. The van der Waals surface area contributed by atoms with Crippen molar-refractivity contribution in [2.75, 3.05) is 11.9 Å². The van der Waals surface area contributed by atoms with Gasteiger partial charge in [-0.25, -0.2) is 4.79 Å². The lowest BCUT2D eigenvalue weighted by atomic mass is 10.0. The van der Waals surface area contributed by atoms with Crippen molar-refractivity contribution in [3.05, 3.63) is 36.4 Å². The number of amides is 1. The van der Waals surface area contributed by atoms with Crippen LogP contribution in [0.2, 0.25) is 0 Å². The predicted molar refractivity (Wildman–Crippen MR) is 94.6 cm³/mol. The summed E-state index contributed by atoms with van der Waals surface area (Å²) >= 11 is 0. The van der Waals surface area contributed by atoms with Crippen molar-refractivity contribution in [2.24, 2.45) is 17.8 Å². The molecule has 4 rings (SSSR count). The molecule has 0 spiro atoms. The first-order chi connectivity index (χ1) is 12.1. The van der Waals surface area contributed by atoms with Crippen molar-refractivity contribution in [1.29, 1.82) is 0 Å². The Morgan fingerprint density at radius 2 is 1.72 bits per heavy atom. The van der Waals surface area contributed by atoms with Gasteiger partial charge in [0.2, 0.25) is 5.91 Å². The number of carboxylic acid groups (broad SMARTS) is 1. The quantitative estimate of drug-likeness (QED) is 0.871. The number of carbonyl (C=O) groups is 2. The molecule has 0 heterocycles. The van der Waals surface area contributed by atoms with Crippen molar-refractivity contribution in [3.63, 3.8) is 0 Å². The Labute approximate surface area is 146 Å². The summed E-state index contributed by atoms with van der Waals surface area (Å²) in [6.07, 6.45) is 4.82. The number of aliphatic carboxylic acids is 1. The molecule has 2 unspecified atom stereocenters. The summed E-state index contributed by atoms with van der Waals surface area (Å²) in [5.74, 6) is 0.899. The minimum absolute atomic E-state index is 0.112. The van der Waals surface area contributed by atoms with Gasteiger partial charge < -0.3 is 15.2 Å². The minimum atomic E-state index is -1.02. The van der Waals surface area contributed by atoms with E-state index in [9.17, 15) is 9.59 Å². The van der Waals surface area contributed by atoms with Gasteiger partial charge in [-0.1, -0.05) is 37.1 Å². The molecule has 2 N–H and O–H groups in total. The molecule has 2 aromatic rings. The van der Waals surface area contributed by atoms with Crippen molar-refractivity contribution in [1.82, 2.24) is 0 Å². The summed E-state index contributed by atoms with van der Waals surface area (Å²) < 4.78 is 5.37. The Balaban J connectivity index is 1.57. The molecule has 2 atom stereocenters. The number of carboxylic acids is 1. The highest BCUT2D eigenvalue weighted by atomic mass is 16.5. The van der Waals surface area contributed by atoms with Crippen LogP contribution in [0.15, 0.2) is 36.4 Å². The second-order valence-electron chi connectivity index (χ2n) is 6.97. The Morgan fingerprint density at radius 3 is 2.40 bits per heavy atom. The molecule has 2 aromatic carbocycles. The van der Waals surface area contributed by atoms with Gasteiger partial charge in [0.25, 0.3) is 0 Å². The van der Waals surface area contributed by atoms with Crippen LogP contribution in [0, 0.1) is 17.8 Å². The summed E-state index contributed by atoms with van der Waals surface area (Å²) in [5, 5.41) is 13.6. The Hall–Kier alpha value is -2.56. The van der Waals surface area contributed by atoms with Gasteiger partial charge in [-0.05, 0) is 36.8 Å². The topological polar surface area (TPSA) is 75.6 Å². The molecule has 2 fully saturated rings. The van der Waals surface area contributed by atoms with Crippen molar-refractivity contribution in [2.45, 2.75) is 25.7 Å². The molecule has 25 heavy (non-hydrogen) atoms. The number of rotatable bonds is 5. The largest absolute Gasteiger partial charge is 0.481 e. The fourth-order valence-corrected chi connectivity index (χ4v) is 4.24. The van der Waals surface area contributed by atoms with Crippen LogP contribution in [0.25, 0.3) is 10.8 Å². The van der Waals surface area contributed by atoms with E-state index >= 15 is 0 Å². The number of carbonyl (C=O) groups excluding carboxylic acids is 1. The lowest BCUT2D eigenvalue weighted by Gasteiger charge is -2.12. The van der Waals surface area contributed by atoms with Crippen LogP contribution >= 0.6 is 0 Å². The van der Waals surface area contributed by atoms with Crippen LogP contribution in [0.4, 0.5) is 5.69 Å². The number of nitrogens with one attached hydrogen (secondary N) is 1. The highest BCUT2D eigenvalue weighted by Crippen LogP contribution is 2.55. The maximum absolute atomic E-state index is 12.7. The van der Waals surface area contributed by atoms with Gasteiger partial charge in [-0.2, -0.15) is 0 Å². The zero-order chi connectivity index (χ0) is 17.4. The van der Waals surface area contributed by atoms with Crippen LogP contribution in [0.5, 0.6) is 5.75 Å². The monoisotopic (exact) mass is 339 g/mol. The standard InChI is InChI=1S/C20H21NO4/c22-18(23)11-25-17-10-9-16(12-5-1-2-6-13(12)17)21-20(24)19-14-7-3-4-8-15(14)19/h1-2,5-6,9-10,14-15,19H,3-4,7-8,11H2,(H,21,24)(H,22,23). The number of anilines is 1. The van der Waals surface area contributed by atoms with Crippen LogP contribution in [0.3, 0.4) is 0 Å². The summed E-state index contributed by atoms with van der Waals surface area (Å²) in [7, 11) is 0. The molecular weight excluding hydrogens is 318 g/mol. The molecule has 2 aliphatic rings. The molecule has 5 nitrogen and oxygen atoms in total. The summed E-state index contributed by atoms with van der Waals surface area (Å²) in [5.41, 5.74) is 0.756. The molecule has 1 amide bonds. The van der Waals surface area contributed by atoms with E-state index in [0.717, 1.165) is 16.5 Å². The average molecular weight is 339 g/mol. The second-order valence-corrected chi connectivity index (χ2v) is 6.97. The molecule has 2 aliphatic carbocycles. The molecule has 0 aliphatic heterocycles. The van der Waals surface area contributed by atoms with Gasteiger partial charge in [-0.3, -0.25) is 4.79 Å². The Bertz CT molecular complexity index is 820. The number of benzene rings is 2. The number of hydrogen-bond donors (Lipinski definition) is 2. The van der Waals surface area contributed by atoms with E-state index in [1.807, 2.05) is 24.3 Å². The fraction of sp³-hybridized carbons (Fsp3) is 0.400. The molecule has 2 saturated carbocycles. The van der Waals surface area contributed by atoms with E-state index in [0.29, 0.717) is 17.6 Å². The summed E-state index contributed by atoms with van der Waals surface area (Å²) in [6, 6.07) is 11.1. The molecule has 0 radical (unpaired) electrons. The molecule has 5 heteroatoms. The van der Waals surface area contributed by atoms with Crippen LogP contribution in [0.1, 0.15) is 25.7 Å². The number of fused-ring (bicyclic) bond motifs is 2. The zero-order valence-electron chi connectivity index (χ0n) is 13.9. The average Bonchev–Trinajstić information content (AvgIpc) is 3.35. The zero-order valence-corrected chi connectivity index (χ0v) is 13.9. The maximum Gasteiger partial charge on any atom is 0.341 e. The highest BCUT2D eigenvalue weighted by molar-refractivity contribution is 6.05. The molecular formula is C20H21NO4.